The Morgan fingerprint density at radius 3 is 2.00 bits per heavy atom. The molecule has 0 spiro atoms. The van der Waals surface area contributed by atoms with Crippen LogP contribution in [0.2, 0.25) is 0 Å². The molecule has 0 saturated heterocycles. The summed E-state index contributed by atoms with van der Waals surface area (Å²) < 4.78 is 10.2. The number of rotatable bonds is 17. The zero-order valence-corrected chi connectivity index (χ0v) is 17.8. The minimum Gasteiger partial charge on any atom is -0.464 e. The van der Waals surface area contributed by atoms with Crippen LogP contribution in [0.25, 0.3) is 0 Å². The van der Waals surface area contributed by atoms with Gasteiger partial charge >= 0.3 is 12.1 Å². The van der Waals surface area contributed by atoms with Crippen LogP contribution in [0.15, 0.2) is 0 Å². The van der Waals surface area contributed by atoms with E-state index in [0.717, 1.165) is 18.6 Å². The Morgan fingerprint density at radius 2 is 1.46 bits per heavy atom. The van der Waals surface area contributed by atoms with Crippen molar-refractivity contribution in [2.45, 2.75) is 90.5 Å². The monoisotopic (exact) mass is 389 g/mol. The Hall–Kier alpha value is -0.910. The zero-order valence-electron chi connectivity index (χ0n) is 17.0. The van der Waals surface area contributed by atoms with Crippen LogP contribution < -0.4 is 5.32 Å². The molecule has 6 heteroatoms. The van der Waals surface area contributed by atoms with Crippen LogP contribution in [0, 0.1) is 0 Å². The van der Waals surface area contributed by atoms with Crippen molar-refractivity contribution in [1.82, 2.24) is 5.32 Å². The van der Waals surface area contributed by atoms with E-state index in [0.29, 0.717) is 13.0 Å². The Kier molecular flexibility index (Phi) is 18.2. The molecule has 0 bridgehead atoms. The van der Waals surface area contributed by atoms with Crippen LogP contribution in [0.5, 0.6) is 0 Å². The first-order valence-electron chi connectivity index (χ1n) is 10.2. The summed E-state index contributed by atoms with van der Waals surface area (Å²) in [5.41, 5.74) is 0. The number of ether oxygens (including phenoxy) is 2. The Labute approximate surface area is 164 Å². The lowest BCUT2D eigenvalue weighted by molar-refractivity contribution is -0.146. The maximum atomic E-state index is 12.1. The van der Waals surface area contributed by atoms with Crippen molar-refractivity contribution in [3.05, 3.63) is 0 Å². The minimum atomic E-state index is -0.621. The standard InChI is InChI=1S/C20H39NO4S/c1-4-6-7-8-9-10-11-12-13-14-16-25-19(22)18(15-17-26-3)21-20(23)24-5-2/h18H,4-17H2,1-3H3,(H,21,23). The van der Waals surface area contributed by atoms with E-state index in [1.165, 1.54) is 51.4 Å². The van der Waals surface area contributed by atoms with Crippen molar-refractivity contribution in [2.24, 2.45) is 0 Å². The number of carbonyl (C=O) groups is 2. The molecule has 1 atom stereocenters. The van der Waals surface area contributed by atoms with Gasteiger partial charge in [0, 0.05) is 0 Å². The van der Waals surface area contributed by atoms with E-state index in [4.69, 9.17) is 9.47 Å². The molecule has 0 aromatic heterocycles. The second-order valence-corrected chi connectivity index (χ2v) is 7.53. The number of hydrogen-bond donors (Lipinski definition) is 1. The van der Waals surface area contributed by atoms with Gasteiger partial charge in [0.2, 0.25) is 0 Å². The van der Waals surface area contributed by atoms with Gasteiger partial charge < -0.3 is 14.8 Å². The van der Waals surface area contributed by atoms with E-state index in [-0.39, 0.29) is 12.6 Å². The molecule has 1 unspecified atom stereocenters. The first kappa shape index (κ1) is 25.1. The molecule has 5 nitrogen and oxygen atoms in total. The molecule has 0 aliphatic rings. The summed E-state index contributed by atoms with van der Waals surface area (Å²) in [4.78, 5) is 23.7. The van der Waals surface area contributed by atoms with Crippen molar-refractivity contribution >= 4 is 23.8 Å². The average molecular weight is 390 g/mol. The van der Waals surface area contributed by atoms with Gasteiger partial charge in [-0.1, -0.05) is 64.7 Å². The molecule has 0 fully saturated rings. The highest BCUT2D eigenvalue weighted by atomic mass is 32.2. The minimum absolute atomic E-state index is 0.286. The van der Waals surface area contributed by atoms with Gasteiger partial charge in [0.25, 0.3) is 0 Å². The highest BCUT2D eigenvalue weighted by molar-refractivity contribution is 7.98. The van der Waals surface area contributed by atoms with Crippen molar-refractivity contribution < 1.29 is 19.1 Å². The molecule has 1 amide bonds. The first-order valence-corrected chi connectivity index (χ1v) is 11.6. The lowest BCUT2D eigenvalue weighted by atomic mass is 10.1. The second-order valence-electron chi connectivity index (χ2n) is 6.55. The largest absolute Gasteiger partial charge is 0.464 e. The number of thioether (sulfide) groups is 1. The molecular weight excluding hydrogens is 350 g/mol. The summed E-state index contributed by atoms with van der Waals surface area (Å²) in [5, 5.41) is 2.59. The quantitative estimate of drug-likeness (QED) is 0.269. The number of amides is 1. The van der Waals surface area contributed by atoms with Crippen LogP contribution >= 0.6 is 11.8 Å². The van der Waals surface area contributed by atoms with E-state index in [1.807, 2.05) is 6.26 Å². The number of nitrogens with one attached hydrogen (secondary N) is 1. The topological polar surface area (TPSA) is 64.6 Å². The van der Waals surface area contributed by atoms with E-state index in [1.54, 1.807) is 18.7 Å². The predicted octanol–water partition coefficient (Wildman–Crippen LogP) is 5.32. The number of carbonyl (C=O) groups excluding carboxylic acids is 2. The van der Waals surface area contributed by atoms with E-state index < -0.39 is 12.1 Å². The molecule has 0 saturated carbocycles. The third kappa shape index (κ3) is 15.4. The predicted molar refractivity (Wildman–Crippen MR) is 110 cm³/mol. The number of unbranched alkanes of at least 4 members (excludes halogenated alkanes) is 9. The maximum absolute atomic E-state index is 12.1. The molecule has 0 rings (SSSR count). The highest BCUT2D eigenvalue weighted by Crippen LogP contribution is 2.11. The fourth-order valence-electron chi connectivity index (χ4n) is 2.66. The number of esters is 1. The molecule has 1 N–H and O–H groups in total. The maximum Gasteiger partial charge on any atom is 0.407 e. The van der Waals surface area contributed by atoms with Crippen molar-refractivity contribution in [1.29, 1.82) is 0 Å². The summed E-state index contributed by atoms with van der Waals surface area (Å²) in [5.74, 6) is 0.424. The fraction of sp³-hybridized carbons (Fsp3) is 0.900. The Balaban J connectivity index is 3.75. The van der Waals surface area contributed by atoms with Gasteiger partial charge in [0.1, 0.15) is 6.04 Å². The van der Waals surface area contributed by atoms with Crippen LogP contribution in [0.4, 0.5) is 4.79 Å². The van der Waals surface area contributed by atoms with Gasteiger partial charge in [-0.15, -0.1) is 0 Å². The molecular formula is C20H39NO4S. The number of alkyl carbamates (subject to hydrolysis) is 1. The van der Waals surface area contributed by atoms with Crippen molar-refractivity contribution in [3.63, 3.8) is 0 Å². The van der Waals surface area contributed by atoms with Crippen molar-refractivity contribution in [3.8, 4) is 0 Å². The summed E-state index contributed by atoms with van der Waals surface area (Å²) in [6, 6.07) is -0.621. The molecule has 0 aliphatic heterocycles. The van der Waals surface area contributed by atoms with Gasteiger partial charge in [-0.3, -0.25) is 0 Å². The SMILES string of the molecule is CCCCCCCCCCCCOC(=O)C(CCSC)NC(=O)OCC. The van der Waals surface area contributed by atoms with Crippen LogP contribution in [-0.2, 0) is 14.3 Å². The van der Waals surface area contributed by atoms with E-state index in [9.17, 15) is 9.59 Å². The molecule has 26 heavy (non-hydrogen) atoms. The number of hydrogen-bond acceptors (Lipinski definition) is 5. The van der Waals surface area contributed by atoms with Gasteiger partial charge in [0.05, 0.1) is 13.2 Å². The summed E-state index contributed by atoms with van der Waals surface area (Å²) in [6.45, 7) is 4.69. The third-order valence-electron chi connectivity index (χ3n) is 4.20. The Bertz CT molecular complexity index is 353. The van der Waals surface area contributed by atoms with Gasteiger partial charge in [-0.25, -0.2) is 9.59 Å². The summed E-state index contributed by atoms with van der Waals surface area (Å²) in [7, 11) is 0. The lowest BCUT2D eigenvalue weighted by Crippen LogP contribution is -2.42. The van der Waals surface area contributed by atoms with Crippen LogP contribution in [0.1, 0.15) is 84.5 Å². The van der Waals surface area contributed by atoms with Gasteiger partial charge in [-0.2, -0.15) is 11.8 Å². The summed E-state index contributed by atoms with van der Waals surface area (Å²) in [6.07, 6.45) is 14.4. The van der Waals surface area contributed by atoms with E-state index >= 15 is 0 Å². The van der Waals surface area contributed by atoms with Gasteiger partial charge in [-0.05, 0) is 31.8 Å². The molecule has 0 aromatic carbocycles. The van der Waals surface area contributed by atoms with Crippen molar-refractivity contribution in [2.75, 3.05) is 25.2 Å². The normalized spacial score (nSPS) is 11.8. The van der Waals surface area contributed by atoms with Crippen LogP contribution in [-0.4, -0.2) is 43.3 Å². The van der Waals surface area contributed by atoms with Crippen LogP contribution in [0.3, 0.4) is 0 Å². The zero-order chi connectivity index (χ0) is 19.5. The molecule has 154 valence electrons. The second kappa shape index (κ2) is 18.9. The molecule has 0 heterocycles. The van der Waals surface area contributed by atoms with Gasteiger partial charge in [0.15, 0.2) is 0 Å². The molecule has 0 aromatic rings. The third-order valence-corrected chi connectivity index (χ3v) is 4.85. The fourth-order valence-corrected chi connectivity index (χ4v) is 3.13. The van der Waals surface area contributed by atoms with E-state index in [2.05, 4.69) is 12.2 Å². The molecule has 0 aliphatic carbocycles. The highest BCUT2D eigenvalue weighted by Gasteiger charge is 2.22. The first-order chi connectivity index (χ1) is 12.7. The average Bonchev–Trinajstić information content (AvgIpc) is 2.63. The lowest BCUT2D eigenvalue weighted by Gasteiger charge is -2.17. The smallest absolute Gasteiger partial charge is 0.407 e. The summed E-state index contributed by atoms with van der Waals surface area (Å²) >= 11 is 1.63. The Morgan fingerprint density at radius 1 is 0.885 bits per heavy atom. The molecule has 0 radical (unpaired) electrons.